The fourth-order valence-electron chi connectivity index (χ4n) is 4.65. The van der Waals surface area contributed by atoms with Gasteiger partial charge in [0.2, 0.25) is 5.91 Å². The second kappa shape index (κ2) is 11.0. The smallest absolute Gasteiger partial charge is 0.221 e. The van der Waals surface area contributed by atoms with E-state index in [0.717, 1.165) is 36.1 Å². The average Bonchev–Trinajstić information content (AvgIpc) is 3.33. The number of ether oxygens (including phenoxy) is 1. The number of carbonyl (C=O) groups excluding carboxylic acids is 1. The first-order valence-electron chi connectivity index (χ1n) is 12.7. The van der Waals surface area contributed by atoms with Gasteiger partial charge in [0, 0.05) is 22.2 Å². The fourth-order valence-corrected chi connectivity index (χ4v) is 5.76. The summed E-state index contributed by atoms with van der Waals surface area (Å²) in [4.78, 5) is 12.7. The molecule has 0 atom stereocenters. The minimum Gasteiger partial charge on any atom is -0.497 e. The molecule has 4 aromatic carbocycles. The number of hydrogen-bond donors (Lipinski definition) is 1. The first-order chi connectivity index (χ1) is 18.0. The van der Waals surface area contributed by atoms with Crippen LogP contribution in [-0.2, 0) is 11.2 Å². The van der Waals surface area contributed by atoms with Crippen LogP contribution in [0.2, 0.25) is 0 Å². The Bertz CT molecular complexity index is 1610. The minimum absolute atomic E-state index is 0.0516. The molecule has 1 aromatic heterocycles. The lowest BCUT2D eigenvalue weighted by Crippen LogP contribution is -2.05. The van der Waals surface area contributed by atoms with Crippen molar-refractivity contribution in [2.24, 2.45) is 0 Å². The number of fused-ring (bicyclic) bond motifs is 2. The van der Waals surface area contributed by atoms with E-state index in [1.807, 2.05) is 12.1 Å². The van der Waals surface area contributed by atoms with E-state index in [4.69, 9.17) is 4.74 Å². The van der Waals surface area contributed by atoms with Gasteiger partial charge in [0.25, 0.3) is 0 Å². The molecular formula is C33H31NO2S. The van der Waals surface area contributed by atoms with Crippen LogP contribution in [0.5, 0.6) is 5.75 Å². The van der Waals surface area contributed by atoms with Crippen LogP contribution in [-0.4, -0.2) is 13.0 Å². The van der Waals surface area contributed by atoms with E-state index in [1.54, 1.807) is 18.4 Å². The Morgan fingerprint density at radius 2 is 1.62 bits per heavy atom. The van der Waals surface area contributed by atoms with Gasteiger partial charge < -0.3 is 10.1 Å². The van der Waals surface area contributed by atoms with Crippen molar-refractivity contribution in [3.63, 3.8) is 0 Å². The molecular weight excluding hydrogens is 474 g/mol. The van der Waals surface area contributed by atoms with Crippen molar-refractivity contribution in [2.45, 2.75) is 33.1 Å². The van der Waals surface area contributed by atoms with Crippen molar-refractivity contribution in [3.05, 3.63) is 95.6 Å². The van der Waals surface area contributed by atoms with E-state index >= 15 is 0 Å². The predicted octanol–water partition coefficient (Wildman–Crippen LogP) is 9.20. The Kier molecular flexibility index (Phi) is 7.38. The highest BCUT2D eigenvalue weighted by molar-refractivity contribution is 7.22. The first-order valence-corrected chi connectivity index (χ1v) is 13.5. The monoisotopic (exact) mass is 505 g/mol. The van der Waals surface area contributed by atoms with Crippen LogP contribution in [0.4, 0.5) is 5.69 Å². The van der Waals surface area contributed by atoms with Gasteiger partial charge >= 0.3 is 0 Å². The van der Waals surface area contributed by atoms with Gasteiger partial charge in [-0.3, -0.25) is 4.79 Å². The van der Waals surface area contributed by atoms with Gasteiger partial charge in [-0.1, -0.05) is 61.9 Å². The Hall–Kier alpha value is -3.89. The number of aryl methyl sites for hydroxylation is 1. The third kappa shape index (κ3) is 5.76. The molecule has 3 nitrogen and oxygen atoms in total. The van der Waals surface area contributed by atoms with Crippen molar-refractivity contribution in [1.29, 1.82) is 0 Å². The van der Waals surface area contributed by atoms with E-state index in [2.05, 4.69) is 91.1 Å². The summed E-state index contributed by atoms with van der Waals surface area (Å²) in [5, 5.41) is 6.42. The lowest BCUT2D eigenvalue weighted by atomic mass is 9.97. The maximum Gasteiger partial charge on any atom is 0.221 e. The molecule has 1 amide bonds. The van der Waals surface area contributed by atoms with Crippen LogP contribution in [0.25, 0.3) is 43.5 Å². The summed E-state index contributed by atoms with van der Waals surface area (Å²) in [6.07, 6.45) is 7.76. The molecule has 186 valence electrons. The average molecular weight is 506 g/mol. The molecule has 0 spiro atoms. The van der Waals surface area contributed by atoms with Crippen LogP contribution in [0.1, 0.15) is 43.4 Å². The first kappa shape index (κ1) is 24.8. The van der Waals surface area contributed by atoms with Crippen molar-refractivity contribution in [1.82, 2.24) is 0 Å². The lowest BCUT2D eigenvalue weighted by molar-refractivity contribution is -0.114. The number of methoxy groups -OCH3 is 1. The molecule has 0 aliphatic heterocycles. The third-order valence-corrected chi connectivity index (χ3v) is 7.72. The second-order valence-corrected chi connectivity index (χ2v) is 10.5. The van der Waals surface area contributed by atoms with Gasteiger partial charge in [-0.05, 0) is 93.7 Å². The topological polar surface area (TPSA) is 38.3 Å². The number of nitrogens with one attached hydrogen (secondary N) is 1. The standard InChI is InChI=1S/C33H31NO2S/c1-4-5-6-27-18-24(8-7-23-9-11-26-20-30(36-3)14-12-25(26)17-23)10-15-31(27)33-21-28-19-29(34-22(2)35)13-16-32(28)37-33/h7-21H,4-6H2,1-3H3,(H,34,35). The van der Waals surface area contributed by atoms with Crippen LogP contribution in [0.15, 0.2) is 78.9 Å². The Balaban J connectivity index is 1.44. The van der Waals surface area contributed by atoms with Gasteiger partial charge in [-0.15, -0.1) is 11.3 Å². The zero-order chi connectivity index (χ0) is 25.8. The van der Waals surface area contributed by atoms with Crippen LogP contribution < -0.4 is 10.1 Å². The molecule has 0 saturated heterocycles. The number of thiophene rings is 1. The number of unbranched alkanes of at least 4 members (excludes halogenated alkanes) is 1. The van der Waals surface area contributed by atoms with E-state index in [0.29, 0.717) is 0 Å². The van der Waals surface area contributed by atoms with Crippen molar-refractivity contribution in [2.75, 3.05) is 12.4 Å². The molecule has 0 fully saturated rings. The second-order valence-electron chi connectivity index (χ2n) is 9.37. The SMILES string of the molecule is CCCCc1cc(C=Cc2ccc3cc(OC)ccc3c2)ccc1-c1cc2cc(NC(C)=O)ccc2s1. The molecule has 0 aliphatic rings. The summed E-state index contributed by atoms with van der Waals surface area (Å²) in [5.41, 5.74) is 5.90. The van der Waals surface area contributed by atoms with E-state index in [9.17, 15) is 4.79 Å². The summed E-state index contributed by atoms with van der Waals surface area (Å²) in [5.74, 6) is 0.825. The minimum atomic E-state index is -0.0516. The van der Waals surface area contributed by atoms with Crippen LogP contribution in [0, 0.1) is 0 Å². The molecule has 4 heteroatoms. The van der Waals surface area contributed by atoms with Gasteiger partial charge in [0.15, 0.2) is 0 Å². The normalized spacial score (nSPS) is 11.4. The van der Waals surface area contributed by atoms with Crippen LogP contribution in [0.3, 0.4) is 0 Å². The summed E-state index contributed by atoms with van der Waals surface area (Å²) in [6, 6.07) is 27.9. The van der Waals surface area contributed by atoms with Crippen molar-refractivity contribution >= 4 is 55.9 Å². The molecule has 0 bridgehead atoms. The molecule has 1 N–H and O–H groups in total. The van der Waals surface area contributed by atoms with Gasteiger partial charge in [0.05, 0.1) is 7.11 Å². The van der Waals surface area contributed by atoms with Crippen LogP contribution >= 0.6 is 11.3 Å². The highest BCUT2D eigenvalue weighted by Crippen LogP contribution is 2.37. The maximum atomic E-state index is 11.5. The summed E-state index contributed by atoms with van der Waals surface area (Å²) < 4.78 is 6.57. The number of rotatable bonds is 8. The molecule has 37 heavy (non-hydrogen) atoms. The molecule has 1 heterocycles. The molecule has 0 unspecified atom stereocenters. The predicted molar refractivity (Wildman–Crippen MR) is 160 cm³/mol. The van der Waals surface area contributed by atoms with E-state index in [-0.39, 0.29) is 5.91 Å². The Labute approximate surface area is 222 Å². The summed E-state index contributed by atoms with van der Waals surface area (Å²) >= 11 is 1.81. The lowest BCUT2D eigenvalue weighted by Gasteiger charge is -2.09. The molecule has 0 radical (unpaired) electrons. The number of benzene rings is 4. The van der Waals surface area contributed by atoms with Gasteiger partial charge in [0.1, 0.15) is 5.75 Å². The zero-order valence-electron chi connectivity index (χ0n) is 21.5. The number of carbonyl (C=O) groups is 1. The maximum absolute atomic E-state index is 11.5. The highest BCUT2D eigenvalue weighted by atomic mass is 32.1. The van der Waals surface area contributed by atoms with Crippen molar-refractivity contribution < 1.29 is 9.53 Å². The van der Waals surface area contributed by atoms with Gasteiger partial charge in [-0.25, -0.2) is 0 Å². The molecule has 5 aromatic rings. The Morgan fingerprint density at radius 3 is 2.41 bits per heavy atom. The van der Waals surface area contributed by atoms with E-state index in [1.165, 1.54) is 49.5 Å². The molecule has 0 saturated carbocycles. The van der Waals surface area contributed by atoms with Crippen molar-refractivity contribution in [3.8, 4) is 16.2 Å². The highest BCUT2D eigenvalue weighted by Gasteiger charge is 2.11. The largest absolute Gasteiger partial charge is 0.497 e. The Morgan fingerprint density at radius 1 is 0.865 bits per heavy atom. The quantitative estimate of drug-likeness (QED) is 0.213. The summed E-state index contributed by atoms with van der Waals surface area (Å²) in [7, 11) is 1.70. The number of anilines is 1. The number of hydrogen-bond acceptors (Lipinski definition) is 3. The number of amides is 1. The third-order valence-electron chi connectivity index (χ3n) is 6.57. The molecule has 0 aliphatic carbocycles. The fraction of sp³-hybridized carbons (Fsp3) is 0.182. The van der Waals surface area contributed by atoms with Gasteiger partial charge in [-0.2, -0.15) is 0 Å². The summed E-state index contributed by atoms with van der Waals surface area (Å²) in [6.45, 7) is 3.78. The van der Waals surface area contributed by atoms with E-state index < -0.39 is 0 Å². The zero-order valence-corrected chi connectivity index (χ0v) is 22.3. The molecule has 5 rings (SSSR count).